The predicted molar refractivity (Wildman–Crippen MR) is 88.7 cm³/mol. The van der Waals surface area contributed by atoms with Gasteiger partial charge in [-0.15, -0.1) is 0 Å². The zero-order chi connectivity index (χ0) is 15.1. The van der Waals surface area contributed by atoms with Crippen molar-refractivity contribution in [1.29, 1.82) is 0 Å². The molecule has 1 N–H and O–H groups in total. The summed E-state index contributed by atoms with van der Waals surface area (Å²) in [6.45, 7) is 8.43. The molecule has 3 nitrogen and oxygen atoms in total. The Labute approximate surface area is 129 Å². The Morgan fingerprint density at radius 3 is 2.71 bits per heavy atom. The van der Waals surface area contributed by atoms with E-state index < -0.39 is 0 Å². The van der Waals surface area contributed by atoms with E-state index in [0.717, 1.165) is 32.7 Å². The Morgan fingerprint density at radius 1 is 1.33 bits per heavy atom. The fourth-order valence-corrected chi connectivity index (χ4v) is 2.93. The molecule has 0 amide bonds. The number of nitrogens with zero attached hydrogens (tertiary/aromatic N) is 1. The van der Waals surface area contributed by atoms with Gasteiger partial charge in [0.1, 0.15) is 0 Å². The minimum atomic E-state index is 0.400. The van der Waals surface area contributed by atoms with E-state index in [1.807, 2.05) is 0 Å². The molecular weight excluding hydrogens is 260 g/mol. The average molecular weight is 290 g/mol. The molecule has 1 saturated heterocycles. The Bertz CT molecular complexity index is 398. The van der Waals surface area contributed by atoms with Crippen LogP contribution in [0.1, 0.15) is 43.4 Å². The molecule has 0 aliphatic carbocycles. The molecule has 1 aromatic rings. The molecule has 0 saturated carbocycles. The van der Waals surface area contributed by atoms with Gasteiger partial charge in [0.05, 0.1) is 6.10 Å². The molecule has 118 valence electrons. The van der Waals surface area contributed by atoms with Gasteiger partial charge in [-0.25, -0.2) is 0 Å². The van der Waals surface area contributed by atoms with Crippen LogP contribution in [0.2, 0.25) is 0 Å². The highest BCUT2D eigenvalue weighted by atomic mass is 16.5. The van der Waals surface area contributed by atoms with Crippen molar-refractivity contribution in [3.63, 3.8) is 0 Å². The molecule has 1 aromatic carbocycles. The molecule has 1 aliphatic rings. The van der Waals surface area contributed by atoms with Crippen molar-refractivity contribution < 1.29 is 4.74 Å². The van der Waals surface area contributed by atoms with Crippen LogP contribution >= 0.6 is 0 Å². The molecule has 2 atom stereocenters. The second-order valence-electron chi connectivity index (χ2n) is 6.27. The highest BCUT2D eigenvalue weighted by Gasteiger charge is 2.19. The van der Waals surface area contributed by atoms with Crippen molar-refractivity contribution in [3.05, 3.63) is 35.4 Å². The van der Waals surface area contributed by atoms with Crippen LogP contribution < -0.4 is 5.32 Å². The Kier molecular flexibility index (Phi) is 6.68. The van der Waals surface area contributed by atoms with E-state index >= 15 is 0 Å². The van der Waals surface area contributed by atoms with E-state index in [1.54, 1.807) is 0 Å². The highest BCUT2D eigenvalue weighted by molar-refractivity contribution is 5.24. The fourth-order valence-electron chi connectivity index (χ4n) is 2.93. The summed E-state index contributed by atoms with van der Waals surface area (Å²) in [5, 5.41) is 3.68. The molecule has 1 fully saturated rings. The van der Waals surface area contributed by atoms with Gasteiger partial charge in [-0.3, -0.25) is 0 Å². The van der Waals surface area contributed by atoms with Gasteiger partial charge in [0.15, 0.2) is 0 Å². The third kappa shape index (κ3) is 5.42. The third-order valence-electron chi connectivity index (χ3n) is 4.15. The van der Waals surface area contributed by atoms with Gasteiger partial charge < -0.3 is 15.0 Å². The van der Waals surface area contributed by atoms with Crippen molar-refractivity contribution in [2.24, 2.45) is 0 Å². The van der Waals surface area contributed by atoms with Gasteiger partial charge in [0.2, 0.25) is 0 Å². The number of nitrogens with one attached hydrogen (secondary N) is 1. The summed E-state index contributed by atoms with van der Waals surface area (Å²) in [7, 11) is 2.20. The van der Waals surface area contributed by atoms with Crippen molar-refractivity contribution >= 4 is 0 Å². The molecular formula is C18H30N2O. The predicted octanol–water partition coefficient (Wildman–Crippen LogP) is 3.15. The van der Waals surface area contributed by atoms with Gasteiger partial charge in [0, 0.05) is 25.7 Å². The minimum Gasteiger partial charge on any atom is -0.377 e. The summed E-state index contributed by atoms with van der Waals surface area (Å²) in [4.78, 5) is 2.41. The first kappa shape index (κ1) is 16.5. The van der Waals surface area contributed by atoms with Crippen LogP contribution in [-0.2, 0) is 4.74 Å². The third-order valence-corrected chi connectivity index (χ3v) is 4.15. The van der Waals surface area contributed by atoms with Gasteiger partial charge in [-0.05, 0) is 45.3 Å². The Morgan fingerprint density at radius 2 is 2.10 bits per heavy atom. The lowest BCUT2D eigenvalue weighted by Gasteiger charge is -2.27. The first-order chi connectivity index (χ1) is 10.2. The van der Waals surface area contributed by atoms with Crippen LogP contribution in [0.5, 0.6) is 0 Å². The molecule has 0 radical (unpaired) electrons. The zero-order valence-electron chi connectivity index (χ0n) is 13.8. The summed E-state index contributed by atoms with van der Waals surface area (Å²) in [5.41, 5.74) is 2.70. The normalized spacial score (nSPS) is 20.1. The maximum absolute atomic E-state index is 5.75. The summed E-state index contributed by atoms with van der Waals surface area (Å²) in [5.74, 6) is 0. The summed E-state index contributed by atoms with van der Waals surface area (Å²) in [6.07, 6.45) is 4.02. The minimum absolute atomic E-state index is 0.400. The van der Waals surface area contributed by atoms with E-state index in [1.165, 1.54) is 24.0 Å². The van der Waals surface area contributed by atoms with Crippen LogP contribution in [0.15, 0.2) is 24.3 Å². The molecule has 0 bridgehead atoms. The fraction of sp³-hybridized carbons (Fsp3) is 0.667. The largest absolute Gasteiger partial charge is 0.377 e. The average Bonchev–Trinajstić information content (AvgIpc) is 2.97. The lowest BCUT2D eigenvalue weighted by Crippen LogP contribution is -2.37. The first-order valence-corrected chi connectivity index (χ1v) is 8.29. The van der Waals surface area contributed by atoms with Crippen molar-refractivity contribution in [3.8, 4) is 0 Å². The lowest BCUT2D eigenvalue weighted by atomic mass is 10.0. The highest BCUT2D eigenvalue weighted by Crippen LogP contribution is 2.17. The van der Waals surface area contributed by atoms with Crippen molar-refractivity contribution in [2.75, 3.05) is 33.3 Å². The van der Waals surface area contributed by atoms with Crippen LogP contribution in [0.25, 0.3) is 0 Å². The maximum atomic E-state index is 5.75. The van der Waals surface area contributed by atoms with Crippen molar-refractivity contribution in [2.45, 2.75) is 45.3 Å². The molecule has 1 aliphatic heterocycles. The van der Waals surface area contributed by atoms with Crippen LogP contribution in [0, 0.1) is 6.92 Å². The van der Waals surface area contributed by atoms with Crippen LogP contribution in [0.3, 0.4) is 0 Å². The van der Waals surface area contributed by atoms with Gasteiger partial charge in [0.25, 0.3) is 0 Å². The van der Waals surface area contributed by atoms with Gasteiger partial charge in [-0.1, -0.05) is 36.8 Å². The van der Waals surface area contributed by atoms with Crippen LogP contribution in [0.4, 0.5) is 0 Å². The number of likely N-dealkylation sites (N-methyl/N-ethyl adjacent to an activating group) is 1. The quantitative estimate of drug-likeness (QED) is 0.796. The smallest absolute Gasteiger partial charge is 0.0702 e. The Hall–Kier alpha value is -0.900. The van der Waals surface area contributed by atoms with E-state index in [-0.39, 0.29) is 0 Å². The van der Waals surface area contributed by atoms with Gasteiger partial charge >= 0.3 is 0 Å². The molecule has 21 heavy (non-hydrogen) atoms. The second-order valence-corrected chi connectivity index (χ2v) is 6.27. The van der Waals surface area contributed by atoms with E-state index in [9.17, 15) is 0 Å². The number of hydrogen-bond donors (Lipinski definition) is 1. The molecule has 0 spiro atoms. The molecule has 0 aromatic heterocycles. The first-order valence-electron chi connectivity index (χ1n) is 8.29. The summed E-state index contributed by atoms with van der Waals surface area (Å²) >= 11 is 0. The number of ether oxygens (including phenoxy) is 1. The number of hydrogen-bond acceptors (Lipinski definition) is 3. The maximum Gasteiger partial charge on any atom is 0.0702 e. The van der Waals surface area contributed by atoms with E-state index in [2.05, 4.69) is 55.4 Å². The van der Waals surface area contributed by atoms with E-state index in [4.69, 9.17) is 4.74 Å². The topological polar surface area (TPSA) is 24.5 Å². The van der Waals surface area contributed by atoms with Crippen LogP contribution in [-0.4, -0.2) is 44.3 Å². The zero-order valence-corrected chi connectivity index (χ0v) is 13.8. The van der Waals surface area contributed by atoms with Gasteiger partial charge in [-0.2, -0.15) is 0 Å². The number of aryl methyl sites for hydroxylation is 1. The lowest BCUT2D eigenvalue weighted by molar-refractivity contribution is 0.0784. The molecule has 2 rings (SSSR count). The number of rotatable bonds is 8. The SMILES string of the molecule is CCCNC(CN(C)CC1CCCO1)c1ccc(C)cc1. The molecule has 3 heteroatoms. The monoisotopic (exact) mass is 290 g/mol. The summed E-state index contributed by atoms with van der Waals surface area (Å²) < 4.78 is 5.75. The number of benzene rings is 1. The van der Waals surface area contributed by atoms with Crippen molar-refractivity contribution in [1.82, 2.24) is 10.2 Å². The standard InChI is InChI=1S/C18H30N2O/c1-4-11-19-18(16-9-7-15(2)8-10-16)14-20(3)13-17-6-5-12-21-17/h7-10,17-19H,4-6,11-14H2,1-3H3. The second kappa shape index (κ2) is 8.52. The van der Waals surface area contributed by atoms with E-state index in [0.29, 0.717) is 12.1 Å². The Balaban J connectivity index is 1.92. The summed E-state index contributed by atoms with van der Waals surface area (Å²) in [6, 6.07) is 9.31. The molecule has 1 heterocycles. The molecule has 2 unspecified atom stereocenters.